The third kappa shape index (κ3) is 2.01. The lowest BCUT2D eigenvalue weighted by Gasteiger charge is -2.33. The number of carbonyl (C=O) groups excluding carboxylic acids is 1. The van der Waals surface area contributed by atoms with E-state index >= 15 is 0 Å². The number of hydrogen-bond donors (Lipinski definition) is 0. The monoisotopic (exact) mass is 370 g/mol. The molecule has 0 saturated carbocycles. The zero-order chi connectivity index (χ0) is 18.7. The molecule has 2 aromatic carbocycles. The number of carbonyl (C=O) groups is 1. The van der Waals surface area contributed by atoms with Crippen molar-refractivity contribution in [3.8, 4) is 16.9 Å². The van der Waals surface area contributed by atoms with E-state index in [0.29, 0.717) is 12.4 Å². The molecular formula is C19H14N8O. The van der Waals surface area contributed by atoms with Gasteiger partial charge in [0.05, 0.1) is 17.9 Å². The quantitative estimate of drug-likeness (QED) is 0.502. The van der Waals surface area contributed by atoms with Gasteiger partial charge in [-0.15, -0.1) is 10.2 Å². The van der Waals surface area contributed by atoms with Gasteiger partial charge in [-0.1, -0.05) is 53.7 Å². The highest BCUT2D eigenvalue weighted by atomic mass is 16.2. The first-order valence-electron chi connectivity index (χ1n) is 8.96. The maximum Gasteiger partial charge on any atom is 0.245 e. The summed E-state index contributed by atoms with van der Waals surface area (Å²) in [6.07, 6.45) is 0. The highest BCUT2D eigenvalue weighted by molar-refractivity contribution is 5.79. The summed E-state index contributed by atoms with van der Waals surface area (Å²) < 4.78 is 3.40. The van der Waals surface area contributed by atoms with Crippen molar-refractivity contribution in [1.82, 2.24) is 40.1 Å². The molecule has 1 atom stereocenters. The van der Waals surface area contributed by atoms with Crippen LogP contribution in [0.5, 0.6) is 0 Å². The van der Waals surface area contributed by atoms with Gasteiger partial charge in [0.15, 0.2) is 5.82 Å². The molecule has 0 radical (unpaired) electrons. The molecule has 136 valence electrons. The van der Waals surface area contributed by atoms with E-state index in [4.69, 9.17) is 0 Å². The van der Waals surface area contributed by atoms with Crippen LogP contribution in [-0.4, -0.2) is 46.0 Å². The third-order valence-electron chi connectivity index (χ3n) is 5.31. The molecule has 6 rings (SSSR count). The van der Waals surface area contributed by atoms with Gasteiger partial charge in [0, 0.05) is 11.1 Å². The minimum Gasteiger partial charge on any atom is -0.321 e. The van der Waals surface area contributed by atoms with E-state index < -0.39 is 0 Å². The van der Waals surface area contributed by atoms with Crippen LogP contribution in [0.25, 0.3) is 16.9 Å². The van der Waals surface area contributed by atoms with Gasteiger partial charge in [0.2, 0.25) is 5.91 Å². The molecule has 28 heavy (non-hydrogen) atoms. The number of nitrogens with zero attached hydrogens (tertiary/aromatic N) is 8. The molecule has 0 aliphatic carbocycles. The van der Waals surface area contributed by atoms with E-state index in [1.54, 1.807) is 4.68 Å². The van der Waals surface area contributed by atoms with Crippen molar-refractivity contribution >= 4 is 5.91 Å². The summed E-state index contributed by atoms with van der Waals surface area (Å²) in [6, 6.07) is 17.4. The number of hydrogen-bond acceptors (Lipinski definition) is 6. The Hall–Kier alpha value is -3.88. The first kappa shape index (κ1) is 15.2. The number of rotatable bonds is 1. The molecule has 1 amide bonds. The Morgan fingerprint density at radius 1 is 0.893 bits per heavy atom. The fourth-order valence-electron chi connectivity index (χ4n) is 4.04. The lowest BCUT2D eigenvalue weighted by atomic mass is 10.0. The van der Waals surface area contributed by atoms with Crippen LogP contribution in [0, 0.1) is 0 Å². The summed E-state index contributed by atoms with van der Waals surface area (Å²) in [4.78, 5) is 14.8. The third-order valence-corrected chi connectivity index (χ3v) is 5.31. The number of para-hydroxylation sites is 1. The van der Waals surface area contributed by atoms with Crippen molar-refractivity contribution in [3.63, 3.8) is 0 Å². The Morgan fingerprint density at radius 3 is 2.61 bits per heavy atom. The summed E-state index contributed by atoms with van der Waals surface area (Å²) in [7, 11) is 0. The van der Waals surface area contributed by atoms with E-state index in [1.165, 1.54) is 0 Å². The van der Waals surface area contributed by atoms with Crippen LogP contribution < -0.4 is 0 Å². The fourth-order valence-corrected chi connectivity index (χ4v) is 4.04. The lowest BCUT2D eigenvalue weighted by molar-refractivity contribution is -0.136. The van der Waals surface area contributed by atoms with Crippen molar-refractivity contribution in [2.24, 2.45) is 0 Å². The Balaban J connectivity index is 1.62. The standard InChI is InChI=1S/C19H14N8O/c28-16-11-26-19(21-22-24-26)18-13-8-4-5-9-14(13)27-15(10-25(16)18)17(20-23-27)12-6-2-1-3-7-12/h1-9,18H,10-11H2. The maximum atomic E-state index is 13.0. The predicted octanol–water partition coefficient (Wildman–Crippen LogP) is 1.37. The smallest absolute Gasteiger partial charge is 0.245 e. The Labute approximate surface area is 159 Å². The van der Waals surface area contributed by atoms with Gasteiger partial charge in [0.25, 0.3) is 0 Å². The largest absolute Gasteiger partial charge is 0.321 e. The van der Waals surface area contributed by atoms with Gasteiger partial charge in [-0.25, -0.2) is 9.36 Å². The molecule has 9 nitrogen and oxygen atoms in total. The molecule has 2 aliphatic heterocycles. The fraction of sp³-hybridized carbons (Fsp3) is 0.158. The van der Waals surface area contributed by atoms with Crippen molar-refractivity contribution in [3.05, 3.63) is 71.7 Å². The van der Waals surface area contributed by atoms with E-state index in [-0.39, 0.29) is 18.5 Å². The van der Waals surface area contributed by atoms with Crippen molar-refractivity contribution < 1.29 is 4.79 Å². The van der Waals surface area contributed by atoms with Crippen molar-refractivity contribution in [2.75, 3.05) is 0 Å². The molecule has 0 bridgehead atoms. The van der Waals surface area contributed by atoms with Gasteiger partial charge >= 0.3 is 0 Å². The first-order chi connectivity index (χ1) is 13.8. The number of fused-ring (bicyclic) bond motifs is 7. The van der Waals surface area contributed by atoms with Crippen LogP contribution in [0.1, 0.15) is 23.1 Å². The molecule has 4 aromatic rings. The van der Waals surface area contributed by atoms with E-state index in [1.807, 2.05) is 64.2 Å². The topological polar surface area (TPSA) is 94.6 Å². The SMILES string of the molecule is O=C1Cn2nnnc2C2c3ccccc3-n3nnc(-c4ccccc4)c3CN12. The number of aromatic nitrogens is 7. The molecule has 0 spiro atoms. The maximum absolute atomic E-state index is 13.0. The van der Waals surface area contributed by atoms with Gasteiger partial charge in [-0.2, -0.15) is 0 Å². The lowest BCUT2D eigenvalue weighted by Crippen LogP contribution is -2.43. The zero-order valence-electron chi connectivity index (χ0n) is 14.7. The summed E-state index contributed by atoms with van der Waals surface area (Å²) in [5, 5.41) is 20.8. The first-order valence-corrected chi connectivity index (χ1v) is 8.96. The number of benzene rings is 2. The van der Waals surface area contributed by atoms with Crippen LogP contribution in [-0.2, 0) is 17.9 Å². The Bertz CT molecular complexity index is 1210. The molecule has 2 aliphatic rings. The average molecular weight is 370 g/mol. The molecular weight excluding hydrogens is 356 g/mol. The van der Waals surface area contributed by atoms with Crippen LogP contribution in [0.15, 0.2) is 54.6 Å². The average Bonchev–Trinajstić information content (AvgIpc) is 3.33. The van der Waals surface area contributed by atoms with Crippen molar-refractivity contribution in [2.45, 2.75) is 19.1 Å². The molecule has 1 unspecified atom stereocenters. The van der Waals surface area contributed by atoms with Crippen molar-refractivity contribution in [1.29, 1.82) is 0 Å². The van der Waals surface area contributed by atoms with Gasteiger partial charge in [-0.3, -0.25) is 4.79 Å². The minimum atomic E-state index is -0.363. The summed E-state index contributed by atoms with van der Waals surface area (Å²) >= 11 is 0. The molecule has 0 N–H and O–H groups in total. The van der Waals surface area contributed by atoms with Gasteiger partial charge in [0.1, 0.15) is 18.3 Å². The van der Waals surface area contributed by atoms with Crippen LogP contribution >= 0.6 is 0 Å². The molecule has 9 heteroatoms. The normalized spacial score (nSPS) is 17.4. The second kappa shape index (κ2) is 5.56. The molecule has 0 saturated heterocycles. The number of tetrazole rings is 1. The van der Waals surface area contributed by atoms with E-state index in [0.717, 1.165) is 28.2 Å². The molecule has 2 aromatic heterocycles. The second-order valence-electron chi connectivity index (χ2n) is 6.84. The van der Waals surface area contributed by atoms with Gasteiger partial charge < -0.3 is 4.90 Å². The molecule has 4 heterocycles. The van der Waals surface area contributed by atoms with E-state index in [9.17, 15) is 4.79 Å². The highest BCUT2D eigenvalue weighted by Crippen LogP contribution is 2.39. The van der Waals surface area contributed by atoms with Crippen LogP contribution in [0.3, 0.4) is 0 Å². The minimum absolute atomic E-state index is 0.0340. The summed E-state index contributed by atoms with van der Waals surface area (Å²) in [5.41, 5.74) is 4.41. The van der Waals surface area contributed by atoms with Crippen LogP contribution in [0.4, 0.5) is 0 Å². The highest BCUT2D eigenvalue weighted by Gasteiger charge is 2.41. The van der Waals surface area contributed by atoms with Crippen LogP contribution in [0.2, 0.25) is 0 Å². The Morgan fingerprint density at radius 2 is 1.71 bits per heavy atom. The molecule has 0 fully saturated rings. The zero-order valence-corrected chi connectivity index (χ0v) is 14.7. The van der Waals surface area contributed by atoms with E-state index in [2.05, 4.69) is 25.8 Å². The second-order valence-corrected chi connectivity index (χ2v) is 6.84. The Kier molecular flexibility index (Phi) is 3.02. The summed E-state index contributed by atoms with van der Waals surface area (Å²) in [5.74, 6) is 0.625. The summed E-state index contributed by atoms with van der Waals surface area (Å²) in [6.45, 7) is 0.505. The predicted molar refractivity (Wildman–Crippen MR) is 97.0 cm³/mol. The number of amides is 1. The van der Waals surface area contributed by atoms with Gasteiger partial charge in [-0.05, 0) is 16.5 Å².